The molecule has 4 heteroatoms. The van der Waals surface area contributed by atoms with Crippen LogP contribution in [0.4, 0.5) is 0 Å². The average Bonchev–Trinajstić information content (AvgIpc) is 2.91. The van der Waals surface area contributed by atoms with E-state index >= 15 is 0 Å². The summed E-state index contributed by atoms with van der Waals surface area (Å²) in [6, 6.07) is 10.7. The van der Waals surface area contributed by atoms with Gasteiger partial charge in [0.15, 0.2) is 5.78 Å². The molecule has 0 aliphatic heterocycles. The Kier molecular flexibility index (Phi) is 8.90. The normalized spacial score (nSPS) is 33.4. The maximum Gasteiger partial charge on any atom is 0.190 e. The minimum absolute atomic E-state index is 0.154. The highest BCUT2D eigenvalue weighted by molar-refractivity contribution is 6.14. The van der Waals surface area contributed by atoms with Gasteiger partial charge in [0.1, 0.15) is 0 Å². The molecule has 3 aliphatic carbocycles. The molecule has 4 nitrogen and oxygen atoms in total. The van der Waals surface area contributed by atoms with Crippen molar-refractivity contribution in [3.8, 4) is 0 Å². The maximum atomic E-state index is 15.0. The van der Waals surface area contributed by atoms with E-state index in [4.69, 9.17) is 0 Å². The Balaban J connectivity index is 1.58. The number of rotatable bonds is 7. The molecule has 0 saturated heterocycles. The van der Waals surface area contributed by atoms with Crippen LogP contribution in [0.2, 0.25) is 0 Å². The van der Waals surface area contributed by atoms with E-state index in [1.54, 1.807) is 13.8 Å². The molecule has 0 spiro atoms. The van der Waals surface area contributed by atoms with Crippen LogP contribution in [0.15, 0.2) is 41.5 Å². The summed E-state index contributed by atoms with van der Waals surface area (Å²) in [5, 5.41) is 32.7. The second-order valence-electron chi connectivity index (χ2n) is 16.6. The zero-order chi connectivity index (χ0) is 33.4. The molecule has 0 aromatic heterocycles. The highest BCUT2D eigenvalue weighted by Crippen LogP contribution is 2.68. The Morgan fingerprint density at radius 3 is 2.13 bits per heavy atom. The van der Waals surface area contributed by atoms with Crippen LogP contribution in [0.25, 0.3) is 0 Å². The predicted octanol–water partition coefficient (Wildman–Crippen LogP) is 8.47. The topological polar surface area (TPSA) is 77.8 Å². The van der Waals surface area contributed by atoms with Gasteiger partial charge in [-0.2, -0.15) is 0 Å². The van der Waals surface area contributed by atoms with E-state index in [2.05, 4.69) is 80.5 Å². The summed E-state index contributed by atoms with van der Waals surface area (Å²) in [6.45, 7) is 23.6. The first kappa shape index (κ1) is 34.1. The van der Waals surface area contributed by atoms with Gasteiger partial charge >= 0.3 is 0 Å². The summed E-state index contributed by atoms with van der Waals surface area (Å²) >= 11 is 0. The first-order chi connectivity index (χ1) is 20.9. The molecule has 2 aromatic carbocycles. The minimum Gasteiger partial charge on any atom is -0.393 e. The van der Waals surface area contributed by atoms with Crippen LogP contribution >= 0.6 is 0 Å². The van der Waals surface area contributed by atoms with E-state index in [-0.39, 0.29) is 28.4 Å². The second-order valence-corrected chi connectivity index (χ2v) is 16.6. The molecular weight excluding hydrogens is 556 g/mol. The van der Waals surface area contributed by atoms with Gasteiger partial charge in [0.05, 0.1) is 18.3 Å². The number of Topliss-reactive ketones (excluding diaryl/α,β-unsaturated/α-hetero) is 1. The highest BCUT2D eigenvalue weighted by atomic mass is 16.3. The predicted molar refractivity (Wildman–Crippen MR) is 184 cm³/mol. The van der Waals surface area contributed by atoms with E-state index < -0.39 is 23.7 Å². The summed E-state index contributed by atoms with van der Waals surface area (Å²) in [5.41, 5.74) is 8.85. The van der Waals surface area contributed by atoms with Gasteiger partial charge in [-0.05, 0) is 116 Å². The van der Waals surface area contributed by atoms with Crippen LogP contribution in [0.5, 0.6) is 0 Å². The number of carbonyl (C=O) groups excluding carboxylic acids is 1. The largest absolute Gasteiger partial charge is 0.393 e. The molecule has 1 saturated carbocycles. The lowest BCUT2D eigenvalue weighted by Crippen LogP contribution is -2.63. The fourth-order valence-corrected chi connectivity index (χ4v) is 10.5. The van der Waals surface area contributed by atoms with Crippen molar-refractivity contribution in [1.82, 2.24) is 0 Å². The zero-order valence-corrected chi connectivity index (χ0v) is 29.7. The third-order valence-corrected chi connectivity index (χ3v) is 12.8. The third kappa shape index (κ3) is 5.37. The number of aliphatic hydroxyl groups excluding tert-OH is 3. The number of hydrogen-bond acceptors (Lipinski definition) is 4. The molecule has 0 bridgehead atoms. The first-order valence-electron chi connectivity index (χ1n) is 17.4. The van der Waals surface area contributed by atoms with E-state index in [1.165, 1.54) is 22.3 Å². The van der Waals surface area contributed by atoms with Gasteiger partial charge in [-0.25, -0.2) is 0 Å². The number of carbonyl (C=O) groups is 1. The van der Waals surface area contributed by atoms with Crippen molar-refractivity contribution >= 4 is 5.78 Å². The van der Waals surface area contributed by atoms with Crippen LogP contribution < -0.4 is 0 Å². The summed E-state index contributed by atoms with van der Waals surface area (Å²) < 4.78 is 0. The quantitative estimate of drug-likeness (QED) is 0.292. The smallest absolute Gasteiger partial charge is 0.190 e. The Morgan fingerprint density at radius 2 is 1.58 bits per heavy atom. The van der Waals surface area contributed by atoms with Gasteiger partial charge in [0.2, 0.25) is 0 Å². The van der Waals surface area contributed by atoms with E-state index in [0.717, 1.165) is 59.9 Å². The minimum atomic E-state index is -0.716. The lowest BCUT2D eigenvalue weighted by molar-refractivity contribution is -0.168. The number of ketones is 1. The van der Waals surface area contributed by atoms with Crippen molar-refractivity contribution < 1.29 is 20.1 Å². The van der Waals surface area contributed by atoms with Gasteiger partial charge in [0.25, 0.3) is 0 Å². The summed E-state index contributed by atoms with van der Waals surface area (Å²) in [5.74, 6) is 0.810. The van der Waals surface area contributed by atoms with E-state index in [1.807, 2.05) is 12.1 Å². The zero-order valence-electron chi connectivity index (χ0n) is 29.7. The third-order valence-electron chi connectivity index (χ3n) is 12.8. The summed E-state index contributed by atoms with van der Waals surface area (Å²) in [7, 11) is 0. The molecule has 9 unspecified atom stereocenters. The number of hydrogen-bond donors (Lipinski definition) is 3. The van der Waals surface area contributed by atoms with Gasteiger partial charge in [-0.1, -0.05) is 84.4 Å². The van der Waals surface area contributed by atoms with Crippen LogP contribution in [-0.2, 0) is 19.3 Å². The molecule has 0 heterocycles. The van der Waals surface area contributed by atoms with Crippen molar-refractivity contribution in [3.05, 3.63) is 80.4 Å². The summed E-state index contributed by atoms with van der Waals surface area (Å²) in [4.78, 5) is 15.0. The second kappa shape index (κ2) is 11.8. The van der Waals surface area contributed by atoms with Gasteiger partial charge in [0, 0.05) is 27.9 Å². The van der Waals surface area contributed by atoms with Crippen molar-refractivity contribution in [3.63, 3.8) is 0 Å². The number of allylic oxidation sites excluding steroid dienone is 1. The van der Waals surface area contributed by atoms with Crippen molar-refractivity contribution in [2.24, 2.45) is 34.0 Å². The standard InChI is InChI=1S/C41H58O4/c1-22(2)32-18-31(17-23(3)16-29-12-14-30(15-13-29)27(7)42)25(5)35-33(32)20-39(9)21-40(10)19-24(4)34(28(8)43)38(45)41(40,11)26(6)36(39)37(35)44/h12-15,18,22-24,27-28,34,38,42-43,45H,16-17,19-21H2,1-11H3. The maximum absolute atomic E-state index is 15.0. The van der Waals surface area contributed by atoms with Gasteiger partial charge in [-0.15, -0.1) is 0 Å². The van der Waals surface area contributed by atoms with Crippen LogP contribution in [0.3, 0.4) is 0 Å². The van der Waals surface area contributed by atoms with Crippen molar-refractivity contribution in [1.29, 1.82) is 0 Å². The van der Waals surface area contributed by atoms with E-state index in [0.29, 0.717) is 11.8 Å². The molecule has 1 fully saturated rings. The number of benzene rings is 2. The fourth-order valence-electron chi connectivity index (χ4n) is 10.5. The van der Waals surface area contributed by atoms with Crippen molar-refractivity contribution in [2.75, 3.05) is 0 Å². The van der Waals surface area contributed by atoms with Crippen molar-refractivity contribution in [2.45, 2.75) is 132 Å². The molecule has 246 valence electrons. The Labute approximate surface area is 272 Å². The Bertz CT molecular complexity index is 1500. The molecule has 0 radical (unpaired) electrons. The fraction of sp³-hybridized carbons (Fsp3) is 0.634. The number of fused-ring (bicyclic) bond motifs is 3. The molecule has 2 aromatic rings. The Morgan fingerprint density at radius 1 is 0.956 bits per heavy atom. The lowest BCUT2D eigenvalue weighted by atomic mass is 9.40. The summed E-state index contributed by atoms with van der Waals surface area (Å²) in [6.07, 6.45) is 2.65. The highest BCUT2D eigenvalue weighted by Gasteiger charge is 2.65. The molecule has 3 N–H and O–H groups in total. The van der Waals surface area contributed by atoms with Crippen LogP contribution in [0.1, 0.15) is 138 Å². The monoisotopic (exact) mass is 614 g/mol. The van der Waals surface area contributed by atoms with Gasteiger partial charge < -0.3 is 15.3 Å². The average molecular weight is 615 g/mol. The van der Waals surface area contributed by atoms with E-state index in [9.17, 15) is 20.1 Å². The Hall–Kier alpha value is -2.27. The van der Waals surface area contributed by atoms with Crippen LogP contribution in [0, 0.1) is 40.9 Å². The molecule has 9 atom stereocenters. The SMILES string of the molecule is CC1=C2C(=O)c3c(C)c(CC(C)Cc4ccc(C(C)O)cc4)cc(C(C)C)c3CC2(C)CC2(C)CC(C)C(C(C)O)C(O)C12C. The molecular formula is C41H58O4. The van der Waals surface area contributed by atoms with Crippen LogP contribution in [-0.4, -0.2) is 33.3 Å². The molecule has 3 aliphatic rings. The van der Waals surface area contributed by atoms with Gasteiger partial charge in [-0.3, -0.25) is 4.79 Å². The first-order valence-corrected chi connectivity index (χ1v) is 17.4. The molecule has 5 rings (SSSR count). The number of aliphatic hydroxyl groups is 3. The molecule has 45 heavy (non-hydrogen) atoms. The molecule has 0 amide bonds. The lowest BCUT2D eigenvalue weighted by Gasteiger charge is -2.65.